The van der Waals surface area contributed by atoms with Gasteiger partial charge in [-0.1, -0.05) is 44.2 Å². The average Bonchev–Trinajstić information content (AvgIpc) is 2.69. The van der Waals surface area contributed by atoms with Crippen LogP contribution in [-0.4, -0.2) is 21.9 Å². The van der Waals surface area contributed by atoms with E-state index >= 15 is 0 Å². The maximum atomic E-state index is 12.5. The lowest BCUT2D eigenvalue weighted by atomic mass is 10.0. The number of aromatic nitrogens is 2. The van der Waals surface area contributed by atoms with Gasteiger partial charge in [-0.05, 0) is 48.7 Å². The topological polar surface area (TPSA) is 84.0 Å². The molecule has 0 aliphatic rings. The predicted molar refractivity (Wildman–Crippen MR) is 110 cm³/mol. The monoisotopic (exact) mass is 374 g/mol. The lowest BCUT2D eigenvalue weighted by Crippen LogP contribution is -2.16. The van der Waals surface area contributed by atoms with Gasteiger partial charge in [0.15, 0.2) is 17.3 Å². The number of hydrogen-bond donors (Lipinski definition) is 2. The molecule has 142 valence electrons. The smallest absolute Gasteiger partial charge is 0.276 e. The highest BCUT2D eigenvalue weighted by Crippen LogP contribution is 2.24. The first-order chi connectivity index (χ1) is 13.4. The van der Waals surface area contributed by atoms with E-state index in [1.165, 1.54) is 6.92 Å². The molecule has 0 aliphatic heterocycles. The Morgan fingerprint density at radius 3 is 2.39 bits per heavy atom. The standard InChI is InChI=1S/C22H22N4O2/c1-14(2)18-9-4-5-10-19(18)24-22(28)20-11-12-21(26-25-20)23-17-8-6-7-16(13-17)15(3)27/h4-14H,1-3H3,(H,23,26)(H,24,28). The van der Waals surface area contributed by atoms with E-state index in [-0.39, 0.29) is 17.4 Å². The Kier molecular flexibility index (Phi) is 5.79. The third kappa shape index (κ3) is 4.59. The first-order valence-electron chi connectivity index (χ1n) is 9.06. The molecule has 0 bridgehead atoms. The van der Waals surface area contributed by atoms with Crippen molar-refractivity contribution >= 4 is 28.9 Å². The van der Waals surface area contributed by atoms with Gasteiger partial charge in [0, 0.05) is 16.9 Å². The molecule has 1 heterocycles. The van der Waals surface area contributed by atoms with Crippen molar-refractivity contribution in [2.45, 2.75) is 26.7 Å². The predicted octanol–water partition coefficient (Wildman–Crippen LogP) is 4.80. The molecule has 28 heavy (non-hydrogen) atoms. The SMILES string of the molecule is CC(=O)c1cccc(Nc2ccc(C(=O)Nc3ccccc3C(C)C)nn2)c1. The fourth-order valence-corrected chi connectivity index (χ4v) is 2.78. The van der Waals surface area contributed by atoms with E-state index in [1.807, 2.05) is 30.3 Å². The van der Waals surface area contributed by atoms with Gasteiger partial charge in [-0.15, -0.1) is 10.2 Å². The fourth-order valence-electron chi connectivity index (χ4n) is 2.78. The molecule has 6 nitrogen and oxygen atoms in total. The van der Waals surface area contributed by atoms with E-state index in [1.54, 1.807) is 30.3 Å². The number of nitrogens with zero attached hydrogens (tertiary/aromatic N) is 2. The number of ketones is 1. The molecule has 0 aliphatic carbocycles. The van der Waals surface area contributed by atoms with Gasteiger partial charge in [0.05, 0.1) is 0 Å². The number of nitrogens with one attached hydrogen (secondary N) is 2. The number of benzene rings is 2. The van der Waals surface area contributed by atoms with E-state index < -0.39 is 0 Å². The van der Waals surface area contributed by atoms with E-state index in [0.717, 1.165) is 16.9 Å². The number of Topliss-reactive ketones (excluding diaryl/α,β-unsaturated/α-hetero) is 1. The van der Waals surface area contributed by atoms with Crippen LogP contribution in [-0.2, 0) is 0 Å². The van der Waals surface area contributed by atoms with Crippen LogP contribution in [0.3, 0.4) is 0 Å². The lowest BCUT2D eigenvalue weighted by molar-refractivity contribution is 0.101. The second kappa shape index (κ2) is 8.43. The van der Waals surface area contributed by atoms with Crippen molar-refractivity contribution in [2.75, 3.05) is 10.6 Å². The molecular weight excluding hydrogens is 352 g/mol. The number of amides is 1. The maximum absolute atomic E-state index is 12.5. The van der Waals surface area contributed by atoms with Crippen LogP contribution < -0.4 is 10.6 Å². The Morgan fingerprint density at radius 1 is 0.929 bits per heavy atom. The van der Waals surface area contributed by atoms with Crippen LogP contribution in [0.15, 0.2) is 60.7 Å². The number of carbonyl (C=O) groups is 2. The third-order valence-electron chi connectivity index (χ3n) is 4.27. The van der Waals surface area contributed by atoms with Crippen LogP contribution in [0.2, 0.25) is 0 Å². The van der Waals surface area contributed by atoms with Gasteiger partial charge in [-0.2, -0.15) is 0 Å². The second-order valence-electron chi connectivity index (χ2n) is 6.76. The minimum absolute atomic E-state index is 0.0107. The van der Waals surface area contributed by atoms with Gasteiger partial charge in [0.2, 0.25) is 0 Å². The largest absolute Gasteiger partial charge is 0.339 e. The van der Waals surface area contributed by atoms with Crippen molar-refractivity contribution in [3.63, 3.8) is 0 Å². The van der Waals surface area contributed by atoms with E-state index in [9.17, 15) is 9.59 Å². The molecule has 0 saturated carbocycles. The van der Waals surface area contributed by atoms with Crippen molar-refractivity contribution in [1.29, 1.82) is 0 Å². The summed E-state index contributed by atoms with van der Waals surface area (Å²) >= 11 is 0. The number of hydrogen-bond acceptors (Lipinski definition) is 5. The highest BCUT2D eigenvalue weighted by atomic mass is 16.2. The highest BCUT2D eigenvalue weighted by Gasteiger charge is 2.12. The molecule has 0 radical (unpaired) electrons. The Morgan fingerprint density at radius 2 is 1.71 bits per heavy atom. The van der Waals surface area contributed by atoms with E-state index in [4.69, 9.17) is 0 Å². The van der Waals surface area contributed by atoms with Crippen LogP contribution in [0, 0.1) is 0 Å². The molecule has 0 atom stereocenters. The summed E-state index contributed by atoms with van der Waals surface area (Å²) in [6.07, 6.45) is 0. The molecule has 6 heteroatoms. The van der Waals surface area contributed by atoms with E-state index in [2.05, 4.69) is 34.7 Å². The minimum atomic E-state index is -0.314. The van der Waals surface area contributed by atoms with Crippen molar-refractivity contribution in [1.82, 2.24) is 10.2 Å². The Bertz CT molecular complexity index is 997. The quantitative estimate of drug-likeness (QED) is 0.606. The first-order valence-corrected chi connectivity index (χ1v) is 9.06. The normalized spacial score (nSPS) is 10.6. The number of anilines is 3. The van der Waals surface area contributed by atoms with Gasteiger partial charge in [0.1, 0.15) is 0 Å². The molecule has 1 amide bonds. The Hall–Kier alpha value is -3.54. The summed E-state index contributed by atoms with van der Waals surface area (Å²) in [6.45, 7) is 5.67. The second-order valence-corrected chi connectivity index (χ2v) is 6.76. The van der Waals surface area contributed by atoms with Crippen LogP contribution in [0.1, 0.15) is 53.1 Å². The summed E-state index contributed by atoms with van der Waals surface area (Å²) in [5.41, 5.74) is 3.39. The van der Waals surface area contributed by atoms with Crippen molar-refractivity contribution in [2.24, 2.45) is 0 Å². The molecule has 2 N–H and O–H groups in total. The molecule has 2 aromatic carbocycles. The summed E-state index contributed by atoms with van der Waals surface area (Å²) in [4.78, 5) is 24.0. The van der Waals surface area contributed by atoms with Gasteiger partial charge >= 0.3 is 0 Å². The number of para-hydroxylation sites is 1. The van der Waals surface area contributed by atoms with E-state index in [0.29, 0.717) is 17.3 Å². The van der Waals surface area contributed by atoms with Crippen molar-refractivity contribution < 1.29 is 9.59 Å². The number of carbonyl (C=O) groups excluding carboxylic acids is 2. The highest BCUT2D eigenvalue weighted by molar-refractivity contribution is 6.03. The van der Waals surface area contributed by atoms with Crippen LogP contribution in [0.25, 0.3) is 0 Å². The average molecular weight is 374 g/mol. The van der Waals surface area contributed by atoms with Crippen LogP contribution in [0.4, 0.5) is 17.2 Å². The van der Waals surface area contributed by atoms with Gasteiger partial charge in [0.25, 0.3) is 5.91 Å². The summed E-state index contributed by atoms with van der Waals surface area (Å²) in [5.74, 6) is 0.453. The molecule has 0 saturated heterocycles. The zero-order valence-electron chi connectivity index (χ0n) is 16.1. The molecule has 3 aromatic rings. The van der Waals surface area contributed by atoms with Crippen LogP contribution >= 0.6 is 0 Å². The molecule has 3 rings (SSSR count). The molecule has 0 fully saturated rings. The van der Waals surface area contributed by atoms with Crippen molar-refractivity contribution in [3.05, 3.63) is 77.5 Å². The zero-order chi connectivity index (χ0) is 20.1. The maximum Gasteiger partial charge on any atom is 0.276 e. The summed E-state index contributed by atoms with van der Waals surface area (Å²) in [5, 5.41) is 14.1. The van der Waals surface area contributed by atoms with Gasteiger partial charge in [-0.25, -0.2) is 0 Å². The zero-order valence-corrected chi connectivity index (χ0v) is 16.1. The summed E-state index contributed by atoms with van der Waals surface area (Å²) in [7, 11) is 0. The lowest BCUT2D eigenvalue weighted by Gasteiger charge is -2.13. The first kappa shape index (κ1) is 19.2. The van der Waals surface area contributed by atoms with Crippen molar-refractivity contribution in [3.8, 4) is 0 Å². The Balaban J connectivity index is 1.71. The summed E-state index contributed by atoms with van der Waals surface area (Å²) in [6, 6.07) is 18.1. The van der Waals surface area contributed by atoms with Crippen LogP contribution in [0.5, 0.6) is 0 Å². The van der Waals surface area contributed by atoms with Gasteiger partial charge < -0.3 is 10.6 Å². The van der Waals surface area contributed by atoms with Gasteiger partial charge in [-0.3, -0.25) is 9.59 Å². The molecule has 0 spiro atoms. The minimum Gasteiger partial charge on any atom is -0.339 e. The summed E-state index contributed by atoms with van der Waals surface area (Å²) < 4.78 is 0. The Labute approximate surface area is 164 Å². The fraction of sp³-hybridized carbons (Fsp3) is 0.182. The third-order valence-corrected chi connectivity index (χ3v) is 4.27. The molecule has 0 unspecified atom stereocenters. The molecule has 1 aromatic heterocycles. The molecular formula is C22H22N4O2. The number of rotatable bonds is 6.